The first-order chi connectivity index (χ1) is 19.8. The van der Waals surface area contributed by atoms with Gasteiger partial charge in [-0.2, -0.15) is 0 Å². The van der Waals surface area contributed by atoms with Crippen molar-refractivity contribution >= 4 is 17.9 Å². The van der Waals surface area contributed by atoms with Crippen molar-refractivity contribution in [3.8, 4) is 48.4 Å². The second-order valence-corrected chi connectivity index (χ2v) is 7.88. The number of rotatable bonds is 14. The Kier molecular flexibility index (Phi) is 22.0. The summed E-state index contributed by atoms with van der Waals surface area (Å²) in [5.41, 5.74) is 0. The number of terminal acetylenes is 2. The minimum Gasteiger partial charge on any atom is -0.449 e. The molecule has 0 amide bonds. The molecule has 6 heteroatoms. The molecule has 0 aromatic heterocycles. The summed E-state index contributed by atoms with van der Waals surface area (Å²) in [6.45, 7) is 3.94. The molecule has 6 nitrogen and oxygen atoms in total. The molecule has 3 atom stereocenters. The Hall–Kier alpha value is -5.17. The van der Waals surface area contributed by atoms with Gasteiger partial charge in [0.05, 0.1) is 0 Å². The van der Waals surface area contributed by atoms with E-state index in [4.69, 9.17) is 27.1 Å². The van der Waals surface area contributed by atoms with Gasteiger partial charge < -0.3 is 14.2 Å². The van der Waals surface area contributed by atoms with E-state index in [1.165, 1.54) is 20.8 Å². The Morgan fingerprint density at radius 1 is 0.634 bits per heavy atom. The number of hydrogen-bond donors (Lipinski definition) is 0. The molecule has 0 fully saturated rings. The van der Waals surface area contributed by atoms with Crippen LogP contribution in [0.15, 0.2) is 85.1 Å². The minimum absolute atomic E-state index is 0.408. The van der Waals surface area contributed by atoms with Crippen molar-refractivity contribution < 1.29 is 28.6 Å². The van der Waals surface area contributed by atoms with Gasteiger partial charge in [0.25, 0.3) is 0 Å². The Labute approximate surface area is 244 Å². The fourth-order valence-electron chi connectivity index (χ4n) is 2.61. The van der Waals surface area contributed by atoms with Gasteiger partial charge >= 0.3 is 17.9 Å². The van der Waals surface area contributed by atoms with E-state index in [9.17, 15) is 14.4 Å². The van der Waals surface area contributed by atoms with E-state index in [2.05, 4.69) is 35.5 Å². The van der Waals surface area contributed by atoms with Crippen LogP contribution in [-0.4, -0.2) is 36.2 Å². The van der Waals surface area contributed by atoms with Crippen LogP contribution in [-0.2, 0) is 28.6 Å². The van der Waals surface area contributed by atoms with Gasteiger partial charge in [-0.3, -0.25) is 14.4 Å². The summed E-state index contributed by atoms with van der Waals surface area (Å²) in [5, 5.41) is 0. The molecule has 0 radical (unpaired) electrons. The van der Waals surface area contributed by atoms with Crippen molar-refractivity contribution in [2.75, 3.05) is 0 Å². The lowest BCUT2D eigenvalue weighted by molar-refractivity contribution is -0.144. The van der Waals surface area contributed by atoms with Gasteiger partial charge in [0.1, 0.15) is 0 Å². The topological polar surface area (TPSA) is 78.9 Å². The summed E-state index contributed by atoms with van der Waals surface area (Å²) in [5.74, 6) is 15.1. The zero-order valence-electron chi connectivity index (χ0n) is 23.7. The van der Waals surface area contributed by atoms with Crippen molar-refractivity contribution in [3.63, 3.8) is 0 Å². The normalized spacial score (nSPS) is 13.5. The zero-order valence-corrected chi connectivity index (χ0v) is 23.7. The number of carbonyl (C=O) groups is 3. The first kappa shape index (κ1) is 35.8. The van der Waals surface area contributed by atoms with Gasteiger partial charge in [0.2, 0.25) is 6.10 Å². The molecule has 0 saturated heterocycles. The van der Waals surface area contributed by atoms with Gasteiger partial charge in [0.15, 0.2) is 12.2 Å². The highest BCUT2D eigenvalue weighted by atomic mass is 16.5. The number of esters is 3. The maximum absolute atomic E-state index is 11.3. The van der Waals surface area contributed by atoms with E-state index in [1.54, 1.807) is 6.08 Å². The molecule has 0 N–H and O–H groups in total. The fraction of sp³-hybridized carbons (Fsp3) is 0.286. The first-order valence-electron chi connectivity index (χ1n) is 12.8. The molecular weight excluding hydrogens is 516 g/mol. The summed E-state index contributed by atoms with van der Waals surface area (Å²) in [7, 11) is 0. The highest BCUT2D eigenvalue weighted by Crippen LogP contribution is 2.00. The molecule has 0 saturated carbocycles. The standard InChI is InChI=1S/C35H36O6/c1-6-33(39-30(3)36)26-22-18-14-10-8-9-11-16-20-24-28-35(41-32(5)38)29-25-21-17-13-12-15-19-23-27-34(7-2)40-31(4)37/h1-2,8-17,19,22-23,26,33-35H,18,20-21,27H2,3-5H3/b9-8+,14-10+,15-12+,16-11+,17-13+,23-19+,26-22+. The molecule has 3 unspecified atom stereocenters. The van der Waals surface area contributed by atoms with Gasteiger partial charge in [-0.05, 0) is 24.3 Å². The van der Waals surface area contributed by atoms with E-state index >= 15 is 0 Å². The van der Waals surface area contributed by atoms with E-state index in [0.29, 0.717) is 25.7 Å². The second-order valence-electron chi connectivity index (χ2n) is 7.88. The van der Waals surface area contributed by atoms with Crippen molar-refractivity contribution in [3.05, 3.63) is 85.1 Å². The van der Waals surface area contributed by atoms with Crippen molar-refractivity contribution in [2.24, 2.45) is 0 Å². The lowest BCUT2D eigenvalue weighted by Gasteiger charge is -2.06. The summed E-state index contributed by atoms with van der Waals surface area (Å²) in [4.78, 5) is 33.2. The summed E-state index contributed by atoms with van der Waals surface area (Å²) < 4.78 is 15.0. The third kappa shape index (κ3) is 24.9. The van der Waals surface area contributed by atoms with E-state index in [1.807, 2.05) is 79.0 Å². The number of allylic oxidation sites excluding steroid dienone is 12. The molecule has 0 aliphatic carbocycles. The molecule has 212 valence electrons. The van der Waals surface area contributed by atoms with Crippen LogP contribution in [0.4, 0.5) is 0 Å². The van der Waals surface area contributed by atoms with Crippen LogP contribution in [0.25, 0.3) is 0 Å². The SMILES string of the molecule is C#CC(/C=C/C/C=C/C=C/C=C/CC#CC(C#CC/C=C/C=C/C=C/CC(C#C)OC(C)=O)OC(C)=O)OC(C)=O. The summed E-state index contributed by atoms with van der Waals surface area (Å²) >= 11 is 0. The lowest BCUT2D eigenvalue weighted by atomic mass is 10.2. The van der Waals surface area contributed by atoms with Crippen LogP contribution in [0.1, 0.15) is 46.5 Å². The van der Waals surface area contributed by atoms with Gasteiger partial charge in [-0.25, -0.2) is 0 Å². The van der Waals surface area contributed by atoms with Crippen LogP contribution in [0.2, 0.25) is 0 Å². The second kappa shape index (κ2) is 25.1. The molecule has 0 aliphatic rings. The Balaban J connectivity index is 4.53. The van der Waals surface area contributed by atoms with Crippen LogP contribution >= 0.6 is 0 Å². The van der Waals surface area contributed by atoms with Crippen LogP contribution in [0.3, 0.4) is 0 Å². The van der Waals surface area contributed by atoms with E-state index in [0.717, 1.165) is 0 Å². The molecule has 0 heterocycles. The van der Waals surface area contributed by atoms with Crippen LogP contribution < -0.4 is 0 Å². The molecule has 0 aromatic rings. The van der Waals surface area contributed by atoms with Gasteiger partial charge in [0, 0.05) is 40.0 Å². The fourth-order valence-corrected chi connectivity index (χ4v) is 2.61. The molecule has 0 aliphatic heterocycles. The quantitative estimate of drug-likeness (QED) is 0.0930. The summed E-state index contributed by atoms with van der Waals surface area (Å²) in [6, 6.07) is 0. The van der Waals surface area contributed by atoms with E-state index in [-0.39, 0.29) is 0 Å². The Morgan fingerprint density at radius 2 is 1.15 bits per heavy atom. The smallest absolute Gasteiger partial charge is 0.304 e. The molecule has 0 spiro atoms. The van der Waals surface area contributed by atoms with Crippen molar-refractivity contribution in [1.82, 2.24) is 0 Å². The van der Waals surface area contributed by atoms with Crippen LogP contribution in [0, 0.1) is 48.4 Å². The number of hydrogen-bond acceptors (Lipinski definition) is 6. The first-order valence-corrected chi connectivity index (χ1v) is 12.8. The molecule has 0 rings (SSSR count). The monoisotopic (exact) mass is 552 g/mol. The molecular formula is C35H36O6. The minimum atomic E-state index is -0.796. The lowest BCUT2D eigenvalue weighted by Crippen LogP contribution is -2.12. The Bertz CT molecular complexity index is 1250. The summed E-state index contributed by atoms with van der Waals surface area (Å²) in [6.07, 6.45) is 36.3. The van der Waals surface area contributed by atoms with Crippen LogP contribution in [0.5, 0.6) is 0 Å². The largest absolute Gasteiger partial charge is 0.449 e. The van der Waals surface area contributed by atoms with Crippen molar-refractivity contribution in [2.45, 2.75) is 64.8 Å². The van der Waals surface area contributed by atoms with Gasteiger partial charge in [-0.1, -0.05) is 103 Å². The highest BCUT2D eigenvalue weighted by molar-refractivity contribution is 5.67. The average molecular weight is 553 g/mol. The average Bonchev–Trinajstić information content (AvgIpc) is 2.92. The van der Waals surface area contributed by atoms with Crippen molar-refractivity contribution in [1.29, 1.82) is 0 Å². The third-order valence-electron chi connectivity index (χ3n) is 4.29. The molecule has 41 heavy (non-hydrogen) atoms. The third-order valence-corrected chi connectivity index (χ3v) is 4.29. The molecule has 0 bridgehead atoms. The highest BCUT2D eigenvalue weighted by Gasteiger charge is 2.05. The number of ether oxygens (including phenoxy) is 3. The molecule has 0 aromatic carbocycles. The predicted molar refractivity (Wildman–Crippen MR) is 162 cm³/mol. The maximum atomic E-state index is 11.3. The van der Waals surface area contributed by atoms with E-state index < -0.39 is 36.2 Å². The number of carbonyl (C=O) groups excluding carboxylic acids is 3. The van der Waals surface area contributed by atoms with Gasteiger partial charge in [-0.15, -0.1) is 12.8 Å². The predicted octanol–water partition coefficient (Wildman–Crippen LogP) is 5.51. The Morgan fingerprint density at radius 3 is 1.63 bits per heavy atom. The maximum Gasteiger partial charge on any atom is 0.304 e. The zero-order chi connectivity index (χ0) is 30.6.